The Morgan fingerprint density at radius 2 is 1.42 bits per heavy atom. The number of rotatable bonds is 13. The van der Waals surface area contributed by atoms with Crippen LogP contribution in [-0.2, 0) is 0 Å². The third-order valence-corrected chi connectivity index (χ3v) is 4.08. The lowest BCUT2D eigenvalue weighted by molar-refractivity contribution is 0.287. The Bertz CT molecular complexity index is 237. The molecule has 0 saturated heterocycles. The Balaban J connectivity index is 4.24. The topological polar surface area (TPSA) is 23.8 Å². The summed E-state index contributed by atoms with van der Waals surface area (Å²) < 4.78 is 0. The van der Waals surface area contributed by atoms with Crippen molar-refractivity contribution in [1.29, 1.82) is 5.26 Å². The van der Waals surface area contributed by atoms with Crippen LogP contribution >= 0.6 is 0 Å². The van der Waals surface area contributed by atoms with E-state index in [4.69, 9.17) is 0 Å². The number of nitriles is 1. The van der Waals surface area contributed by atoms with Gasteiger partial charge >= 0.3 is 0 Å². The minimum Gasteiger partial charge on any atom is -0.198 e. The lowest BCUT2D eigenvalue weighted by Crippen LogP contribution is -2.18. The first-order valence-electron chi connectivity index (χ1n) is 8.26. The van der Waals surface area contributed by atoms with Gasteiger partial charge in [-0.15, -0.1) is 6.58 Å². The molecule has 0 aromatic carbocycles. The van der Waals surface area contributed by atoms with Crippen LogP contribution in [-0.4, -0.2) is 0 Å². The maximum Gasteiger partial charge on any atom is 0.0689 e. The van der Waals surface area contributed by atoms with Gasteiger partial charge < -0.3 is 0 Å². The van der Waals surface area contributed by atoms with Crippen LogP contribution in [0.4, 0.5) is 0 Å². The summed E-state index contributed by atoms with van der Waals surface area (Å²) in [5.74, 6) is 0. The molecule has 0 N–H and O–H groups in total. The Hall–Kier alpha value is -0.770. The molecule has 0 unspecified atom stereocenters. The fraction of sp³-hybridized carbons (Fsp3) is 0.833. The van der Waals surface area contributed by atoms with Crippen LogP contribution in [0.1, 0.15) is 90.9 Å². The first-order chi connectivity index (χ1) is 9.24. The van der Waals surface area contributed by atoms with Gasteiger partial charge in [-0.2, -0.15) is 5.26 Å². The van der Waals surface area contributed by atoms with Crippen molar-refractivity contribution < 1.29 is 0 Å². The summed E-state index contributed by atoms with van der Waals surface area (Å²) in [7, 11) is 0. The molecule has 0 aromatic rings. The van der Waals surface area contributed by atoms with Gasteiger partial charge in [0.05, 0.1) is 11.5 Å². The smallest absolute Gasteiger partial charge is 0.0689 e. The second-order valence-corrected chi connectivity index (χ2v) is 5.84. The average molecular weight is 263 g/mol. The van der Waals surface area contributed by atoms with Crippen LogP contribution in [0.25, 0.3) is 0 Å². The molecule has 0 rings (SSSR count). The maximum absolute atomic E-state index is 9.63. The predicted molar refractivity (Wildman–Crippen MR) is 85.0 cm³/mol. The van der Waals surface area contributed by atoms with Crippen molar-refractivity contribution in [2.45, 2.75) is 90.9 Å². The van der Waals surface area contributed by atoms with E-state index in [1.807, 2.05) is 6.08 Å². The van der Waals surface area contributed by atoms with E-state index in [-0.39, 0.29) is 5.41 Å². The van der Waals surface area contributed by atoms with Gasteiger partial charge in [-0.1, -0.05) is 71.3 Å². The Kier molecular flexibility index (Phi) is 11.8. The molecule has 0 atom stereocenters. The second-order valence-electron chi connectivity index (χ2n) is 5.84. The van der Waals surface area contributed by atoms with E-state index in [1.165, 1.54) is 51.4 Å². The Labute approximate surface area is 121 Å². The molecular weight excluding hydrogens is 230 g/mol. The van der Waals surface area contributed by atoms with Gasteiger partial charge in [0.25, 0.3) is 0 Å². The number of hydrogen-bond acceptors (Lipinski definition) is 1. The highest BCUT2D eigenvalue weighted by atomic mass is 14.4. The maximum atomic E-state index is 9.63. The molecule has 110 valence electrons. The second kappa shape index (κ2) is 12.3. The number of nitrogens with zero attached hydrogens (tertiary/aromatic N) is 1. The first-order valence-corrected chi connectivity index (χ1v) is 8.26. The van der Waals surface area contributed by atoms with Crippen molar-refractivity contribution >= 4 is 0 Å². The molecule has 0 aromatic heterocycles. The van der Waals surface area contributed by atoms with Crippen LogP contribution in [0.2, 0.25) is 0 Å². The molecule has 19 heavy (non-hydrogen) atoms. The van der Waals surface area contributed by atoms with E-state index in [0.717, 1.165) is 25.7 Å². The number of allylic oxidation sites excluding steroid dienone is 1. The van der Waals surface area contributed by atoms with Gasteiger partial charge in [0.2, 0.25) is 0 Å². The fourth-order valence-corrected chi connectivity index (χ4v) is 2.70. The SMILES string of the molecule is C=CCCC(C#N)(CCCCCC)CCCCCC. The summed E-state index contributed by atoms with van der Waals surface area (Å²) in [6.07, 6.45) is 16.3. The van der Waals surface area contributed by atoms with E-state index >= 15 is 0 Å². The zero-order valence-electron chi connectivity index (χ0n) is 13.2. The third kappa shape index (κ3) is 8.87. The number of hydrogen-bond donors (Lipinski definition) is 0. The highest BCUT2D eigenvalue weighted by Crippen LogP contribution is 2.36. The molecule has 0 fully saturated rings. The summed E-state index contributed by atoms with van der Waals surface area (Å²) >= 11 is 0. The van der Waals surface area contributed by atoms with Gasteiger partial charge in [0.15, 0.2) is 0 Å². The van der Waals surface area contributed by atoms with Crippen molar-refractivity contribution in [3.63, 3.8) is 0 Å². The fourth-order valence-electron chi connectivity index (χ4n) is 2.70. The molecule has 0 aliphatic rings. The quantitative estimate of drug-likeness (QED) is 0.278. The lowest BCUT2D eigenvalue weighted by atomic mass is 9.75. The molecule has 0 amide bonds. The van der Waals surface area contributed by atoms with E-state index in [1.54, 1.807) is 0 Å². The molecule has 1 nitrogen and oxygen atoms in total. The van der Waals surface area contributed by atoms with Gasteiger partial charge in [0, 0.05) is 0 Å². The van der Waals surface area contributed by atoms with Crippen LogP contribution in [0, 0.1) is 16.7 Å². The van der Waals surface area contributed by atoms with Crippen molar-refractivity contribution in [2.75, 3.05) is 0 Å². The summed E-state index contributed by atoms with van der Waals surface area (Å²) in [6.45, 7) is 8.28. The zero-order chi connectivity index (χ0) is 14.4. The summed E-state index contributed by atoms with van der Waals surface area (Å²) in [5, 5.41) is 9.63. The van der Waals surface area contributed by atoms with E-state index in [9.17, 15) is 5.26 Å². The highest BCUT2D eigenvalue weighted by Gasteiger charge is 2.27. The minimum atomic E-state index is -0.0737. The molecule has 0 heterocycles. The molecule has 0 saturated carbocycles. The van der Waals surface area contributed by atoms with E-state index < -0.39 is 0 Å². The monoisotopic (exact) mass is 263 g/mol. The van der Waals surface area contributed by atoms with E-state index in [2.05, 4.69) is 26.5 Å². The number of unbranched alkanes of at least 4 members (excludes halogenated alkanes) is 6. The summed E-state index contributed by atoms with van der Waals surface area (Å²) in [6, 6.07) is 2.66. The van der Waals surface area contributed by atoms with Gasteiger partial charge in [-0.05, 0) is 25.7 Å². The molecular formula is C18H33N. The van der Waals surface area contributed by atoms with Crippen LogP contribution in [0.15, 0.2) is 12.7 Å². The first kappa shape index (κ1) is 18.2. The summed E-state index contributed by atoms with van der Waals surface area (Å²) in [5.41, 5.74) is -0.0737. The van der Waals surface area contributed by atoms with Crippen LogP contribution in [0.5, 0.6) is 0 Å². The largest absolute Gasteiger partial charge is 0.198 e. The van der Waals surface area contributed by atoms with Crippen molar-refractivity contribution in [3.05, 3.63) is 12.7 Å². The van der Waals surface area contributed by atoms with Crippen molar-refractivity contribution in [2.24, 2.45) is 5.41 Å². The van der Waals surface area contributed by atoms with Crippen molar-refractivity contribution in [3.8, 4) is 6.07 Å². The van der Waals surface area contributed by atoms with Crippen LogP contribution < -0.4 is 0 Å². The van der Waals surface area contributed by atoms with Gasteiger partial charge in [-0.3, -0.25) is 0 Å². The molecule has 0 spiro atoms. The normalized spacial score (nSPS) is 11.2. The average Bonchev–Trinajstić information content (AvgIpc) is 2.45. The Morgan fingerprint density at radius 3 is 1.79 bits per heavy atom. The molecule has 1 heteroatoms. The van der Waals surface area contributed by atoms with E-state index in [0.29, 0.717) is 0 Å². The summed E-state index contributed by atoms with van der Waals surface area (Å²) in [4.78, 5) is 0. The lowest BCUT2D eigenvalue weighted by Gasteiger charge is -2.26. The standard InChI is InChI=1S/C18H33N/c1-4-7-10-12-15-18(17-19,14-9-6-3)16-13-11-8-5-2/h6H,3-5,7-16H2,1-2H3. The van der Waals surface area contributed by atoms with Gasteiger partial charge in [0.1, 0.15) is 0 Å². The van der Waals surface area contributed by atoms with Crippen molar-refractivity contribution in [1.82, 2.24) is 0 Å². The highest BCUT2D eigenvalue weighted by molar-refractivity contribution is 4.99. The third-order valence-electron chi connectivity index (χ3n) is 4.08. The zero-order valence-corrected chi connectivity index (χ0v) is 13.2. The van der Waals surface area contributed by atoms with Gasteiger partial charge in [-0.25, -0.2) is 0 Å². The molecule has 0 aliphatic carbocycles. The molecule has 0 aliphatic heterocycles. The minimum absolute atomic E-state index is 0.0737. The Morgan fingerprint density at radius 1 is 0.895 bits per heavy atom. The predicted octanol–water partition coefficient (Wildman–Crippen LogP) is 6.40. The molecule has 0 bridgehead atoms. The van der Waals surface area contributed by atoms with Crippen LogP contribution in [0.3, 0.4) is 0 Å². The molecule has 0 radical (unpaired) electrons.